The van der Waals surface area contributed by atoms with Crippen molar-refractivity contribution < 1.29 is 9.53 Å². The number of hydrogen-bond acceptors (Lipinski definition) is 4. The van der Waals surface area contributed by atoms with E-state index in [4.69, 9.17) is 16.3 Å². The van der Waals surface area contributed by atoms with E-state index in [0.717, 1.165) is 22.3 Å². The highest BCUT2D eigenvalue weighted by Crippen LogP contribution is 2.27. The lowest BCUT2D eigenvalue weighted by atomic mass is 10.1. The SMILES string of the molecule is CCn1ncc(C(C)NC(=O)c2ccn(COc3ccc(Br)cc3Cl)n2)c1C. The Hall–Kier alpha value is -2.32. The molecule has 2 aromatic heterocycles. The molecule has 28 heavy (non-hydrogen) atoms. The van der Waals surface area contributed by atoms with Gasteiger partial charge in [-0.05, 0) is 45.0 Å². The molecule has 7 nitrogen and oxygen atoms in total. The van der Waals surface area contributed by atoms with Crippen molar-refractivity contribution in [3.8, 4) is 5.75 Å². The molecule has 1 atom stereocenters. The third-order valence-corrected chi connectivity index (χ3v) is 5.16. The van der Waals surface area contributed by atoms with Crippen molar-refractivity contribution in [1.82, 2.24) is 24.9 Å². The molecule has 0 saturated carbocycles. The van der Waals surface area contributed by atoms with Crippen LogP contribution in [0.3, 0.4) is 0 Å². The number of amides is 1. The molecule has 148 valence electrons. The third kappa shape index (κ3) is 4.56. The monoisotopic (exact) mass is 465 g/mol. The van der Waals surface area contributed by atoms with E-state index in [9.17, 15) is 4.79 Å². The van der Waals surface area contributed by atoms with Crippen molar-refractivity contribution in [2.75, 3.05) is 0 Å². The van der Waals surface area contributed by atoms with Gasteiger partial charge in [-0.2, -0.15) is 10.2 Å². The second kappa shape index (κ2) is 8.79. The Morgan fingerprint density at radius 1 is 1.39 bits per heavy atom. The number of nitrogens with zero attached hydrogens (tertiary/aromatic N) is 4. The van der Waals surface area contributed by atoms with Gasteiger partial charge >= 0.3 is 0 Å². The van der Waals surface area contributed by atoms with Crippen LogP contribution in [0.4, 0.5) is 0 Å². The molecule has 0 aliphatic carbocycles. The zero-order valence-corrected chi connectivity index (χ0v) is 18.2. The van der Waals surface area contributed by atoms with Crippen LogP contribution in [0.1, 0.15) is 41.6 Å². The molecule has 1 aromatic carbocycles. The standard InChI is InChI=1S/C19H21BrClN5O2/c1-4-26-13(3)15(10-22-26)12(2)23-19(27)17-7-8-25(24-17)11-28-18-6-5-14(20)9-16(18)21/h5-10,12H,4,11H2,1-3H3,(H,23,27). The Morgan fingerprint density at radius 3 is 2.86 bits per heavy atom. The fourth-order valence-electron chi connectivity index (χ4n) is 2.84. The maximum absolute atomic E-state index is 12.5. The minimum atomic E-state index is -0.253. The number of halogens is 2. The van der Waals surface area contributed by atoms with E-state index in [0.29, 0.717) is 16.5 Å². The number of carbonyl (C=O) groups is 1. The molecular weight excluding hydrogens is 446 g/mol. The molecule has 1 N–H and O–H groups in total. The van der Waals surface area contributed by atoms with Crippen molar-refractivity contribution in [3.05, 3.63) is 63.1 Å². The van der Waals surface area contributed by atoms with Gasteiger partial charge < -0.3 is 10.1 Å². The lowest BCUT2D eigenvalue weighted by molar-refractivity contribution is 0.0932. The van der Waals surface area contributed by atoms with Crippen LogP contribution in [-0.4, -0.2) is 25.5 Å². The van der Waals surface area contributed by atoms with Crippen LogP contribution >= 0.6 is 27.5 Å². The normalized spacial score (nSPS) is 12.0. The molecule has 1 unspecified atom stereocenters. The van der Waals surface area contributed by atoms with Crippen LogP contribution in [0, 0.1) is 6.92 Å². The number of rotatable bonds is 7. The number of hydrogen-bond donors (Lipinski definition) is 1. The molecule has 2 heterocycles. The fourth-order valence-corrected chi connectivity index (χ4v) is 3.56. The quantitative estimate of drug-likeness (QED) is 0.562. The molecule has 0 fully saturated rings. The summed E-state index contributed by atoms with van der Waals surface area (Å²) in [6, 6.07) is 6.84. The second-order valence-corrected chi connectivity index (χ2v) is 7.61. The maximum atomic E-state index is 12.5. The zero-order chi connectivity index (χ0) is 20.3. The van der Waals surface area contributed by atoms with Gasteiger partial charge in [-0.15, -0.1) is 0 Å². The van der Waals surface area contributed by atoms with E-state index in [-0.39, 0.29) is 18.7 Å². The Balaban J connectivity index is 1.61. The lowest BCUT2D eigenvalue weighted by Gasteiger charge is -2.13. The number of carbonyl (C=O) groups excluding carboxylic acids is 1. The summed E-state index contributed by atoms with van der Waals surface area (Å²) in [5.74, 6) is 0.292. The predicted octanol–water partition coefficient (Wildman–Crippen LogP) is 4.35. The van der Waals surface area contributed by atoms with Crippen LogP contribution in [0.5, 0.6) is 5.75 Å². The van der Waals surface area contributed by atoms with E-state index < -0.39 is 0 Å². The van der Waals surface area contributed by atoms with Gasteiger partial charge in [-0.25, -0.2) is 4.68 Å². The first-order chi connectivity index (χ1) is 13.4. The van der Waals surface area contributed by atoms with Crippen molar-refractivity contribution in [2.45, 2.75) is 40.1 Å². The van der Waals surface area contributed by atoms with E-state index >= 15 is 0 Å². The molecule has 0 saturated heterocycles. The highest BCUT2D eigenvalue weighted by atomic mass is 79.9. The molecule has 0 radical (unpaired) electrons. The first-order valence-electron chi connectivity index (χ1n) is 8.83. The van der Waals surface area contributed by atoms with Gasteiger partial charge in [0.1, 0.15) is 11.4 Å². The third-order valence-electron chi connectivity index (χ3n) is 4.37. The highest BCUT2D eigenvalue weighted by molar-refractivity contribution is 9.10. The lowest BCUT2D eigenvalue weighted by Crippen LogP contribution is -2.27. The van der Waals surface area contributed by atoms with Crippen molar-refractivity contribution in [3.63, 3.8) is 0 Å². The fraction of sp³-hybridized carbons (Fsp3) is 0.316. The molecule has 3 aromatic rings. The molecule has 3 rings (SSSR count). The summed E-state index contributed by atoms with van der Waals surface area (Å²) in [5.41, 5.74) is 2.35. The van der Waals surface area contributed by atoms with Crippen molar-refractivity contribution in [2.24, 2.45) is 0 Å². The van der Waals surface area contributed by atoms with Gasteiger partial charge in [0, 0.05) is 28.5 Å². The first-order valence-corrected chi connectivity index (χ1v) is 10.0. The largest absolute Gasteiger partial charge is 0.470 e. The number of aryl methyl sites for hydroxylation is 1. The van der Waals surface area contributed by atoms with Crippen molar-refractivity contribution in [1.29, 1.82) is 0 Å². The summed E-state index contributed by atoms with van der Waals surface area (Å²) in [4.78, 5) is 12.5. The molecule has 9 heteroatoms. The Kier molecular flexibility index (Phi) is 6.41. The van der Waals surface area contributed by atoms with Gasteiger partial charge in [0.15, 0.2) is 6.73 Å². The summed E-state index contributed by atoms with van der Waals surface area (Å²) >= 11 is 9.49. The number of benzene rings is 1. The molecule has 0 aliphatic heterocycles. The van der Waals surface area contributed by atoms with E-state index in [1.807, 2.05) is 31.5 Å². The van der Waals surface area contributed by atoms with Gasteiger partial charge in [-0.1, -0.05) is 27.5 Å². The average molecular weight is 467 g/mol. The predicted molar refractivity (Wildman–Crippen MR) is 111 cm³/mol. The number of ether oxygens (including phenoxy) is 1. The average Bonchev–Trinajstić information content (AvgIpc) is 3.27. The first kappa shape index (κ1) is 20.4. The zero-order valence-electron chi connectivity index (χ0n) is 15.8. The minimum Gasteiger partial charge on any atom is -0.470 e. The molecule has 1 amide bonds. The topological polar surface area (TPSA) is 74.0 Å². The summed E-state index contributed by atoms with van der Waals surface area (Å²) in [6.07, 6.45) is 3.48. The molecule has 0 bridgehead atoms. The summed E-state index contributed by atoms with van der Waals surface area (Å²) in [7, 11) is 0. The highest BCUT2D eigenvalue weighted by Gasteiger charge is 2.17. The van der Waals surface area contributed by atoms with Crippen LogP contribution in [0.25, 0.3) is 0 Å². The van der Waals surface area contributed by atoms with Gasteiger partial charge in [0.2, 0.25) is 0 Å². The Morgan fingerprint density at radius 2 is 2.18 bits per heavy atom. The van der Waals surface area contributed by atoms with Gasteiger partial charge in [0.05, 0.1) is 17.3 Å². The van der Waals surface area contributed by atoms with E-state index in [1.54, 1.807) is 30.6 Å². The molecule has 0 aliphatic rings. The van der Waals surface area contributed by atoms with Crippen molar-refractivity contribution >= 4 is 33.4 Å². The van der Waals surface area contributed by atoms with Crippen LogP contribution in [0.2, 0.25) is 5.02 Å². The van der Waals surface area contributed by atoms with Gasteiger partial charge in [0.25, 0.3) is 5.91 Å². The summed E-state index contributed by atoms with van der Waals surface area (Å²) in [5, 5.41) is 12.0. The van der Waals surface area contributed by atoms with Crippen LogP contribution in [0.15, 0.2) is 41.1 Å². The van der Waals surface area contributed by atoms with E-state index in [2.05, 4.69) is 31.4 Å². The summed E-state index contributed by atoms with van der Waals surface area (Å²) < 4.78 is 9.97. The smallest absolute Gasteiger partial charge is 0.272 e. The number of nitrogens with one attached hydrogen (secondary N) is 1. The summed E-state index contributed by atoms with van der Waals surface area (Å²) in [6.45, 7) is 6.89. The van der Waals surface area contributed by atoms with Crippen LogP contribution in [-0.2, 0) is 13.3 Å². The Labute approximate surface area is 176 Å². The minimum absolute atomic E-state index is 0.145. The van der Waals surface area contributed by atoms with E-state index in [1.165, 1.54) is 4.68 Å². The number of aromatic nitrogens is 4. The maximum Gasteiger partial charge on any atom is 0.272 e. The van der Waals surface area contributed by atoms with Crippen LogP contribution < -0.4 is 10.1 Å². The second-order valence-electron chi connectivity index (χ2n) is 6.28. The molecule has 0 spiro atoms. The molecular formula is C19H21BrClN5O2. The Bertz CT molecular complexity index is 985. The van der Waals surface area contributed by atoms with Gasteiger partial charge in [-0.3, -0.25) is 9.48 Å².